The summed E-state index contributed by atoms with van der Waals surface area (Å²) in [6.45, 7) is 26.9. The van der Waals surface area contributed by atoms with Crippen LogP contribution in [0.5, 0.6) is 0 Å². The highest BCUT2D eigenvalue weighted by Gasteiger charge is 2.37. The third-order valence-corrected chi connectivity index (χ3v) is 18.8. The van der Waals surface area contributed by atoms with Crippen LogP contribution in [0.4, 0.5) is 30.2 Å². The van der Waals surface area contributed by atoms with Gasteiger partial charge in [0.2, 0.25) is 0 Å². The Balaban J connectivity index is 0.000000230. The normalized spacial score (nSPS) is 14.8. The summed E-state index contributed by atoms with van der Waals surface area (Å²) < 4.78 is 51.4. The molecule has 6 N–H and O–H groups in total. The molecule has 3 heterocycles. The molecule has 0 bridgehead atoms. The molecule has 2 atom stereocenters. The van der Waals surface area contributed by atoms with E-state index in [0.29, 0.717) is 110 Å². The Bertz CT molecular complexity index is 3940. The minimum atomic E-state index is -0.708. The Morgan fingerprint density at radius 1 is 0.526 bits per heavy atom. The Morgan fingerprint density at radius 3 is 1.27 bits per heavy atom. The van der Waals surface area contributed by atoms with E-state index in [-0.39, 0.29) is 47.1 Å². The minimum absolute atomic E-state index is 0.00589. The molecule has 20 nitrogen and oxygen atoms in total. The number of carbonyl (C=O) groups excluding carboxylic acids is 9. The van der Waals surface area contributed by atoms with E-state index in [1.54, 1.807) is 109 Å². The second-order valence-corrected chi connectivity index (χ2v) is 25.7. The monoisotopic (exact) mass is 1340 g/mol. The number of aromatic nitrogens is 3. The van der Waals surface area contributed by atoms with Gasteiger partial charge in [-0.25, -0.2) is 13.2 Å². The standard InChI is InChI=1S/C27H36FN3O4.C24H30FN3O3.C23H31FN4O3/c1-6-14-35-27(12-8-7-9-13-27)16-29-26(34)24(32)23-18(3)22(19(4)31(23)5)25(33)30-20-10-11-21(28)17(2)15-20;1-13-7-6-8-17(11-13)27-24(31)22(29)21-15(3)20(16(4)28(21)5)23(30)26-18-9-10-19(25)14(2)12-18;1-7-28(8-2)12-11-25-23(31)21(29)20-15(4)19(16(5)27(20)6)22(30)26-17-9-10-18(24)14(3)13-17/h10-11,15H,6-9,12-14,16H2,1-5H3,(H,29,34)(H,30,33);9-10,12-13,17H,6-8,11H2,1-5H3,(H,26,30)(H,27,31);9-10,13H,7-8,11-12H2,1-6H3,(H,25,31)(H,26,30)/t;13-,17+;/m.0./s1. The van der Waals surface area contributed by atoms with E-state index in [1.807, 2.05) is 20.8 Å². The van der Waals surface area contributed by atoms with Gasteiger partial charge in [0.1, 0.15) is 17.5 Å². The van der Waals surface area contributed by atoms with Crippen LogP contribution in [0.15, 0.2) is 54.6 Å². The van der Waals surface area contributed by atoms with Crippen molar-refractivity contribution in [1.29, 1.82) is 0 Å². The fourth-order valence-corrected chi connectivity index (χ4v) is 12.9. The first-order valence-corrected chi connectivity index (χ1v) is 33.4. The van der Waals surface area contributed by atoms with Crippen molar-refractivity contribution in [1.82, 2.24) is 34.6 Å². The molecule has 6 amide bonds. The van der Waals surface area contributed by atoms with Crippen LogP contribution in [0.3, 0.4) is 0 Å². The van der Waals surface area contributed by atoms with Crippen molar-refractivity contribution in [2.75, 3.05) is 55.3 Å². The Hall–Kier alpha value is -8.96. The molecule has 8 rings (SSSR count). The van der Waals surface area contributed by atoms with Gasteiger partial charge in [-0.1, -0.05) is 59.8 Å². The molecule has 0 radical (unpaired) electrons. The SMILES string of the molecule is CCCOC1(CNC(=O)C(=O)c2c(C)c(C(=O)Nc3ccc(F)c(C)c3)c(C)n2C)CCCCC1.CCN(CC)CCNC(=O)C(=O)c1c(C)c(C(=O)Nc2ccc(F)c(C)c2)c(C)n1C.Cc1cc(NC(=O)c2c(C)c(C(=O)C(=O)N[C@@H]3CCC[C@H](C)C3)n(C)c2C)ccc1F. The van der Waals surface area contributed by atoms with Crippen molar-refractivity contribution in [3.63, 3.8) is 0 Å². The van der Waals surface area contributed by atoms with Crippen LogP contribution < -0.4 is 31.9 Å². The van der Waals surface area contributed by atoms with Crippen LogP contribution in [0, 0.1) is 85.7 Å². The van der Waals surface area contributed by atoms with Crippen LogP contribution >= 0.6 is 0 Å². The van der Waals surface area contributed by atoms with Gasteiger partial charge in [-0.05, 0) is 201 Å². The lowest BCUT2D eigenvalue weighted by Crippen LogP contribution is -2.48. The molecular weight excluding hydrogens is 1250 g/mol. The van der Waals surface area contributed by atoms with Crippen molar-refractivity contribution >= 4 is 69.9 Å². The predicted molar refractivity (Wildman–Crippen MR) is 370 cm³/mol. The molecule has 2 fully saturated rings. The fourth-order valence-electron chi connectivity index (χ4n) is 12.9. The third-order valence-electron chi connectivity index (χ3n) is 18.8. The zero-order valence-electron chi connectivity index (χ0n) is 59.2. The highest BCUT2D eigenvalue weighted by atomic mass is 19.1. The smallest absolute Gasteiger partial charge is 0.294 e. The lowest BCUT2D eigenvalue weighted by atomic mass is 9.84. The first kappa shape index (κ1) is 77.1. The quantitative estimate of drug-likeness (QED) is 0.0260. The molecule has 6 aromatic rings. The first-order chi connectivity index (χ1) is 45.8. The van der Waals surface area contributed by atoms with Gasteiger partial charge in [0.25, 0.3) is 52.8 Å². The number of carbonyl (C=O) groups is 9. The number of nitrogens with one attached hydrogen (secondary N) is 6. The van der Waals surface area contributed by atoms with Crippen LogP contribution in [-0.4, -0.2) is 122 Å². The van der Waals surface area contributed by atoms with Gasteiger partial charge in [0.15, 0.2) is 0 Å². The van der Waals surface area contributed by atoms with Gasteiger partial charge in [-0.3, -0.25) is 43.2 Å². The molecule has 0 aliphatic heterocycles. The van der Waals surface area contributed by atoms with Gasteiger partial charge in [-0.15, -0.1) is 0 Å². The summed E-state index contributed by atoms with van der Waals surface area (Å²) in [5.74, 6) is -5.84. The number of likely N-dealkylation sites (N-methyl/N-ethyl adjacent to an activating group) is 1. The van der Waals surface area contributed by atoms with Crippen molar-refractivity contribution in [2.45, 2.75) is 166 Å². The molecular formula is C74H97F3N10O10. The van der Waals surface area contributed by atoms with Gasteiger partial charge in [0.05, 0.1) is 39.4 Å². The van der Waals surface area contributed by atoms with Gasteiger partial charge >= 0.3 is 0 Å². The van der Waals surface area contributed by atoms with Crippen LogP contribution in [0.1, 0.15) is 205 Å². The van der Waals surface area contributed by atoms with Crippen molar-refractivity contribution in [3.8, 4) is 0 Å². The fraction of sp³-hybridized carbons (Fsp3) is 0.473. The number of amides is 6. The average molecular weight is 1340 g/mol. The van der Waals surface area contributed by atoms with Crippen molar-refractivity contribution < 1.29 is 61.1 Å². The van der Waals surface area contributed by atoms with Gasteiger partial charge in [-0.2, -0.15) is 0 Å². The number of hydrogen-bond donors (Lipinski definition) is 6. The number of Topliss-reactive ketones (excluding diaryl/α,β-unsaturated/α-hetero) is 3. The van der Waals surface area contributed by atoms with E-state index in [2.05, 4.69) is 43.7 Å². The summed E-state index contributed by atoms with van der Waals surface area (Å²) in [4.78, 5) is 118. The zero-order chi connectivity index (χ0) is 71.9. The second-order valence-electron chi connectivity index (χ2n) is 25.7. The highest BCUT2D eigenvalue weighted by molar-refractivity contribution is 6.44. The summed E-state index contributed by atoms with van der Waals surface area (Å²) in [6.07, 6.45) is 9.75. The molecule has 0 spiro atoms. The summed E-state index contributed by atoms with van der Waals surface area (Å²) in [7, 11) is 4.98. The molecule has 2 aliphatic rings. The van der Waals surface area contributed by atoms with Gasteiger partial charge < -0.3 is 55.2 Å². The van der Waals surface area contributed by atoms with Crippen molar-refractivity contribution in [2.24, 2.45) is 27.1 Å². The molecule has 3 aromatic carbocycles. The predicted octanol–water partition coefficient (Wildman–Crippen LogP) is 12.0. The maximum absolute atomic E-state index is 13.6. The second kappa shape index (κ2) is 34.3. The van der Waals surface area contributed by atoms with E-state index in [4.69, 9.17) is 4.74 Å². The number of benzene rings is 3. The molecule has 3 aromatic heterocycles. The molecule has 2 saturated carbocycles. The van der Waals surface area contributed by atoms with Crippen LogP contribution in [0.2, 0.25) is 0 Å². The molecule has 524 valence electrons. The largest absolute Gasteiger partial charge is 0.373 e. The van der Waals surface area contributed by atoms with Crippen LogP contribution in [0.25, 0.3) is 0 Å². The third kappa shape index (κ3) is 18.8. The zero-order valence-corrected chi connectivity index (χ0v) is 59.2. The number of rotatable bonds is 23. The van der Waals surface area contributed by atoms with E-state index < -0.39 is 58.4 Å². The summed E-state index contributed by atoms with van der Waals surface area (Å²) >= 11 is 0. The van der Waals surface area contributed by atoms with Gasteiger partial charge in [0, 0.05) is 87.6 Å². The number of anilines is 3. The maximum Gasteiger partial charge on any atom is 0.294 e. The first-order valence-electron chi connectivity index (χ1n) is 33.4. The average Bonchev–Trinajstić information content (AvgIpc) is 1.64. The van der Waals surface area contributed by atoms with E-state index in [9.17, 15) is 56.3 Å². The Kier molecular flexibility index (Phi) is 27.3. The molecule has 0 saturated heterocycles. The van der Waals surface area contributed by atoms with Crippen LogP contribution in [-0.2, 0) is 40.3 Å². The topological polar surface area (TPSA) is 253 Å². The van der Waals surface area contributed by atoms with E-state index in [0.717, 1.165) is 77.3 Å². The van der Waals surface area contributed by atoms with E-state index in [1.165, 1.54) is 42.5 Å². The molecule has 23 heteroatoms. The lowest BCUT2D eigenvalue weighted by molar-refractivity contribution is -0.120. The molecule has 0 unspecified atom stereocenters. The number of hydrogen-bond acceptors (Lipinski definition) is 11. The Labute approximate surface area is 567 Å². The summed E-state index contributed by atoms with van der Waals surface area (Å²) in [5.41, 5.74) is 6.74. The number of nitrogens with zero attached hydrogens (tertiary/aromatic N) is 4. The Morgan fingerprint density at radius 2 is 0.907 bits per heavy atom. The number of ketones is 3. The van der Waals surface area contributed by atoms with Crippen molar-refractivity contribution in [3.05, 3.63) is 156 Å². The number of ether oxygens (including phenoxy) is 1. The molecule has 97 heavy (non-hydrogen) atoms. The number of aryl methyl sites for hydroxylation is 3. The maximum atomic E-state index is 13.6. The number of halogens is 3. The summed E-state index contributed by atoms with van der Waals surface area (Å²) in [6, 6.07) is 12.9. The minimum Gasteiger partial charge on any atom is -0.373 e. The summed E-state index contributed by atoms with van der Waals surface area (Å²) in [5, 5.41) is 16.6. The highest BCUT2D eigenvalue weighted by Crippen LogP contribution is 2.33. The lowest BCUT2D eigenvalue weighted by Gasteiger charge is -2.37. The van der Waals surface area contributed by atoms with E-state index >= 15 is 0 Å². The molecule has 2 aliphatic carbocycles.